The van der Waals surface area contributed by atoms with Crippen molar-refractivity contribution in [2.75, 3.05) is 6.61 Å². The fraction of sp³-hybridized carbons (Fsp3) is 0.588. The van der Waals surface area contributed by atoms with Crippen LogP contribution in [0.3, 0.4) is 0 Å². The molecule has 0 saturated carbocycles. The van der Waals surface area contributed by atoms with Crippen molar-refractivity contribution in [3.63, 3.8) is 0 Å². The second-order valence-corrected chi connectivity index (χ2v) is 6.68. The highest BCUT2D eigenvalue weighted by Gasteiger charge is 2.51. The molecule has 0 spiro atoms. The van der Waals surface area contributed by atoms with Gasteiger partial charge in [-0.25, -0.2) is 0 Å². The molecule has 28 heavy (non-hydrogen) atoms. The van der Waals surface area contributed by atoms with Crippen LogP contribution >= 0.6 is 0 Å². The molecule has 7 N–H and O–H groups in total. The Morgan fingerprint density at radius 2 is 1.79 bits per heavy atom. The van der Waals surface area contributed by atoms with E-state index in [2.05, 4.69) is 0 Å². The van der Waals surface area contributed by atoms with Gasteiger partial charge in [0.1, 0.15) is 18.2 Å². The number of esters is 2. The van der Waals surface area contributed by atoms with Gasteiger partial charge in [-0.3, -0.25) is 14.4 Å². The van der Waals surface area contributed by atoms with E-state index in [-0.39, 0.29) is 0 Å². The summed E-state index contributed by atoms with van der Waals surface area (Å²) in [6.07, 6.45) is 0.815. The van der Waals surface area contributed by atoms with Crippen LogP contribution in [0.2, 0.25) is 0 Å². The molecule has 2 aliphatic heterocycles. The minimum atomic E-state index is -1.13. The van der Waals surface area contributed by atoms with Crippen molar-refractivity contribution in [1.82, 2.24) is 4.90 Å². The van der Waals surface area contributed by atoms with Crippen LogP contribution in [-0.4, -0.2) is 71.1 Å². The summed E-state index contributed by atoms with van der Waals surface area (Å²) in [5, 5.41) is 9.67. The molecule has 6 atom stereocenters. The number of primary amides is 1. The Kier molecular flexibility index (Phi) is 7.13. The number of ether oxygens (including phenoxy) is 3. The third-order valence-electron chi connectivity index (χ3n) is 4.24. The lowest BCUT2D eigenvalue weighted by atomic mass is 10.1. The number of carbonyl (C=O) groups excluding carboxylic acids is 3. The molecule has 0 aromatic heterocycles. The minimum Gasteiger partial charge on any atom is -0.454 e. The van der Waals surface area contributed by atoms with Crippen LogP contribution in [0.1, 0.15) is 20.3 Å². The predicted molar refractivity (Wildman–Crippen MR) is 95.7 cm³/mol. The standard InChI is InChI=1S/C17H26N4O7/c1-8(18)16(24)27-12-11(7-22)26-15(13(12)28-17(25)9(2)19)21-5-3-4-10(6-21)14(20)23/h3,5-6,8-9,11-13,15,22H,4,7,18-19H2,1-2H3,(H2,20,23)/t8-,9-,11+,12+,13+,15+/m0/s1. The van der Waals surface area contributed by atoms with Crippen LogP contribution in [0.15, 0.2) is 24.0 Å². The van der Waals surface area contributed by atoms with Gasteiger partial charge < -0.3 is 41.4 Å². The van der Waals surface area contributed by atoms with E-state index in [1.54, 1.807) is 12.3 Å². The first-order valence-electron chi connectivity index (χ1n) is 8.78. The first-order chi connectivity index (χ1) is 13.1. The fourth-order valence-electron chi connectivity index (χ4n) is 2.75. The average molecular weight is 398 g/mol. The lowest BCUT2D eigenvalue weighted by Gasteiger charge is -2.31. The van der Waals surface area contributed by atoms with E-state index in [1.807, 2.05) is 0 Å². The molecule has 0 radical (unpaired) electrons. The first-order valence-corrected chi connectivity index (χ1v) is 8.78. The van der Waals surface area contributed by atoms with Crippen molar-refractivity contribution in [3.05, 3.63) is 24.0 Å². The number of amides is 1. The van der Waals surface area contributed by atoms with Gasteiger partial charge in [0.05, 0.1) is 6.61 Å². The molecule has 11 nitrogen and oxygen atoms in total. The molecule has 2 heterocycles. The molecule has 11 heteroatoms. The number of carbonyl (C=O) groups is 3. The molecular formula is C17H26N4O7. The van der Waals surface area contributed by atoms with E-state index < -0.39 is 61.1 Å². The third kappa shape index (κ3) is 4.87. The van der Waals surface area contributed by atoms with Crippen molar-refractivity contribution < 1.29 is 33.7 Å². The smallest absolute Gasteiger partial charge is 0.323 e. The van der Waals surface area contributed by atoms with Crippen LogP contribution < -0.4 is 17.2 Å². The molecular weight excluding hydrogens is 372 g/mol. The van der Waals surface area contributed by atoms with Gasteiger partial charge >= 0.3 is 11.9 Å². The van der Waals surface area contributed by atoms with Gasteiger partial charge in [0, 0.05) is 18.0 Å². The van der Waals surface area contributed by atoms with Crippen molar-refractivity contribution in [2.45, 2.75) is 56.9 Å². The molecule has 156 valence electrons. The Balaban J connectivity index is 2.35. The maximum atomic E-state index is 12.1. The Bertz CT molecular complexity index is 676. The SMILES string of the molecule is C[C@H](N)C(=O)O[C@@H]1[C@H](OC(=O)[C@H](C)N)[C@@H](CO)O[C@H]1N1C=CCC(C(N)=O)=C1. The normalized spacial score (nSPS) is 29.0. The van der Waals surface area contributed by atoms with Crippen molar-refractivity contribution in [2.24, 2.45) is 17.2 Å². The lowest BCUT2D eigenvalue weighted by molar-refractivity contribution is -0.170. The maximum Gasteiger partial charge on any atom is 0.323 e. The molecule has 2 rings (SSSR count). The van der Waals surface area contributed by atoms with Crippen LogP contribution in [-0.2, 0) is 28.6 Å². The average Bonchev–Trinajstić information content (AvgIpc) is 2.98. The zero-order valence-corrected chi connectivity index (χ0v) is 15.7. The molecule has 1 saturated heterocycles. The number of nitrogens with zero attached hydrogens (tertiary/aromatic N) is 1. The quantitative estimate of drug-likeness (QED) is 0.344. The van der Waals surface area contributed by atoms with Gasteiger partial charge in [-0.2, -0.15) is 0 Å². The highest BCUT2D eigenvalue weighted by atomic mass is 16.6. The Hall–Kier alpha value is -2.47. The number of hydrogen-bond acceptors (Lipinski definition) is 10. The van der Waals surface area contributed by atoms with Crippen LogP contribution in [0, 0.1) is 0 Å². The molecule has 0 aromatic carbocycles. The van der Waals surface area contributed by atoms with Crippen LogP contribution in [0.5, 0.6) is 0 Å². The van der Waals surface area contributed by atoms with Crippen molar-refractivity contribution >= 4 is 17.8 Å². The zero-order chi connectivity index (χ0) is 21.0. The molecule has 0 unspecified atom stereocenters. The highest BCUT2D eigenvalue weighted by molar-refractivity contribution is 5.92. The number of allylic oxidation sites excluding steroid dienone is 1. The molecule has 0 bridgehead atoms. The largest absolute Gasteiger partial charge is 0.454 e. The van der Waals surface area contributed by atoms with Gasteiger partial charge in [0.25, 0.3) is 0 Å². The topological polar surface area (TPSA) is 180 Å². The van der Waals surface area contributed by atoms with E-state index in [0.717, 1.165) is 0 Å². The monoisotopic (exact) mass is 398 g/mol. The summed E-state index contributed by atoms with van der Waals surface area (Å²) in [6, 6.07) is -1.87. The third-order valence-corrected chi connectivity index (χ3v) is 4.24. The van der Waals surface area contributed by atoms with Crippen molar-refractivity contribution in [3.8, 4) is 0 Å². The van der Waals surface area contributed by atoms with E-state index >= 15 is 0 Å². The summed E-state index contributed by atoms with van der Waals surface area (Å²) in [6.45, 7) is 2.36. The summed E-state index contributed by atoms with van der Waals surface area (Å²) in [7, 11) is 0. The van der Waals surface area contributed by atoms with Crippen LogP contribution in [0.4, 0.5) is 0 Å². The lowest BCUT2D eigenvalue weighted by Crippen LogP contribution is -2.48. The zero-order valence-electron chi connectivity index (χ0n) is 15.7. The fourth-order valence-corrected chi connectivity index (χ4v) is 2.75. The molecule has 2 aliphatic rings. The van der Waals surface area contributed by atoms with Crippen LogP contribution in [0.25, 0.3) is 0 Å². The molecule has 0 aliphatic carbocycles. The Labute approximate surface area is 162 Å². The molecule has 1 fully saturated rings. The summed E-state index contributed by atoms with van der Waals surface area (Å²) < 4.78 is 16.5. The van der Waals surface area contributed by atoms with E-state index in [1.165, 1.54) is 24.9 Å². The number of nitrogens with two attached hydrogens (primary N) is 3. The Morgan fingerprint density at radius 1 is 1.21 bits per heavy atom. The summed E-state index contributed by atoms with van der Waals surface area (Å²) in [5.41, 5.74) is 16.7. The Morgan fingerprint density at radius 3 is 2.29 bits per heavy atom. The maximum absolute atomic E-state index is 12.1. The van der Waals surface area contributed by atoms with E-state index in [0.29, 0.717) is 12.0 Å². The highest BCUT2D eigenvalue weighted by Crippen LogP contribution is 2.31. The van der Waals surface area contributed by atoms with Gasteiger partial charge in [-0.15, -0.1) is 0 Å². The summed E-state index contributed by atoms with van der Waals surface area (Å²) in [5.74, 6) is -2.12. The number of hydrogen-bond donors (Lipinski definition) is 4. The van der Waals surface area contributed by atoms with E-state index in [4.69, 9.17) is 31.4 Å². The predicted octanol–water partition coefficient (Wildman–Crippen LogP) is -2.19. The van der Waals surface area contributed by atoms with Gasteiger partial charge in [0.2, 0.25) is 5.91 Å². The minimum absolute atomic E-state index is 0.306. The van der Waals surface area contributed by atoms with Gasteiger partial charge in [-0.1, -0.05) is 6.08 Å². The van der Waals surface area contributed by atoms with Gasteiger partial charge in [-0.05, 0) is 20.3 Å². The number of aliphatic hydroxyl groups is 1. The van der Waals surface area contributed by atoms with Crippen molar-refractivity contribution in [1.29, 1.82) is 0 Å². The van der Waals surface area contributed by atoms with Gasteiger partial charge in [0.15, 0.2) is 18.4 Å². The number of rotatable bonds is 7. The van der Waals surface area contributed by atoms with E-state index in [9.17, 15) is 19.5 Å². The second kappa shape index (κ2) is 9.15. The molecule has 1 amide bonds. The summed E-state index contributed by atoms with van der Waals surface area (Å²) in [4.78, 5) is 37.1. The second-order valence-electron chi connectivity index (χ2n) is 6.68. The first kappa shape index (κ1) is 21.8. The summed E-state index contributed by atoms with van der Waals surface area (Å²) >= 11 is 0. The molecule has 0 aromatic rings. The number of aliphatic hydroxyl groups excluding tert-OH is 1.